The Bertz CT molecular complexity index is 1010. The lowest BCUT2D eigenvalue weighted by molar-refractivity contribution is -0.178. The Labute approximate surface area is 180 Å². The summed E-state index contributed by atoms with van der Waals surface area (Å²) in [4.78, 5) is 8.68. The van der Waals surface area contributed by atoms with E-state index >= 15 is 0 Å². The van der Waals surface area contributed by atoms with Gasteiger partial charge in [-0.1, -0.05) is 23.4 Å². The van der Waals surface area contributed by atoms with E-state index in [4.69, 9.17) is 16.3 Å². The highest BCUT2D eigenvalue weighted by atomic mass is 35.5. The van der Waals surface area contributed by atoms with Crippen LogP contribution in [-0.2, 0) is 4.74 Å². The maximum absolute atomic E-state index is 13.1. The summed E-state index contributed by atoms with van der Waals surface area (Å²) in [6, 6.07) is 3.57. The van der Waals surface area contributed by atoms with Crippen LogP contribution in [0.15, 0.2) is 54.1 Å². The van der Waals surface area contributed by atoms with Gasteiger partial charge in [0.2, 0.25) is 0 Å². The maximum Gasteiger partial charge on any atom is 0.141 e. The van der Waals surface area contributed by atoms with E-state index in [9.17, 15) is 19.7 Å². The van der Waals surface area contributed by atoms with Crippen molar-refractivity contribution in [3.05, 3.63) is 60.0 Å². The van der Waals surface area contributed by atoms with E-state index in [1.54, 1.807) is 18.5 Å². The molecule has 11 heteroatoms. The zero-order valence-corrected chi connectivity index (χ0v) is 17.0. The van der Waals surface area contributed by atoms with Crippen molar-refractivity contribution in [1.82, 2.24) is 19.7 Å². The number of rotatable bonds is 5. The van der Waals surface area contributed by atoms with Crippen LogP contribution in [0.3, 0.4) is 0 Å². The number of thioether (sulfide) groups is 1. The van der Waals surface area contributed by atoms with E-state index in [-0.39, 0.29) is 0 Å². The molecule has 3 N–H and O–H groups in total. The Morgan fingerprint density at radius 3 is 2.70 bits per heavy atom. The molecule has 3 aromatic rings. The fourth-order valence-corrected chi connectivity index (χ4v) is 4.57. The van der Waals surface area contributed by atoms with E-state index < -0.39 is 42.2 Å². The van der Waals surface area contributed by atoms with Gasteiger partial charge in [-0.2, -0.15) is 5.10 Å². The second kappa shape index (κ2) is 8.96. The number of pyridine rings is 2. The molecule has 0 spiro atoms. The van der Waals surface area contributed by atoms with Gasteiger partial charge in [0.15, 0.2) is 0 Å². The summed E-state index contributed by atoms with van der Waals surface area (Å²) >= 11 is 7.15. The van der Waals surface area contributed by atoms with Gasteiger partial charge in [-0.3, -0.25) is 14.6 Å². The molecule has 5 atom stereocenters. The summed E-state index contributed by atoms with van der Waals surface area (Å²) in [7, 11) is 0. The van der Waals surface area contributed by atoms with Crippen molar-refractivity contribution in [2.75, 3.05) is 6.61 Å². The van der Waals surface area contributed by atoms with Gasteiger partial charge in [0.05, 0.1) is 29.7 Å². The molecule has 0 bridgehead atoms. The largest absolute Gasteiger partial charge is 0.394 e. The van der Waals surface area contributed by atoms with Crippen LogP contribution in [0, 0.1) is 5.82 Å². The molecule has 30 heavy (non-hydrogen) atoms. The summed E-state index contributed by atoms with van der Waals surface area (Å²) in [5.41, 5.74) is 0.269. The lowest BCUT2D eigenvalue weighted by Crippen LogP contribution is -2.54. The van der Waals surface area contributed by atoms with Crippen LogP contribution in [-0.4, -0.2) is 65.4 Å². The standard InChI is InChI=1S/C19H18ClFN4O4S/c20-11-3-13(7-22-5-11)30-19-18(28)16(17(27)15(9-26)29-19)25-8-10(4-24-25)14-2-1-12(21)6-23-14/h1-8,15-19,26-28H,9H2/t15-,16+,17+,18-,19-/m1/s1. The molecule has 158 valence electrons. The van der Waals surface area contributed by atoms with Crippen LogP contribution in [0.2, 0.25) is 5.02 Å². The van der Waals surface area contributed by atoms with Crippen molar-refractivity contribution in [2.24, 2.45) is 0 Å². The molecular weight excluding hydrogens is 435 g/mol. The molecule has 1 aliphatic rings. The van der Waals surface area contributed by atoms with Crippen molar-refractivity contribution >= 4 is 23.4 Å². The second-order valence-electron chi connectivity index (χ2n) is 6.72. The quantitative estimate of drug-likeness (QED) is 0.538. The van der Waals surface area contributed by atoms with E-state index in [1.165, 1.54) is 41.0 Å². The fourth-order valence-electron chi connectivity index (χ4n) is 3.25. The number of aromatic nitrogens is 4. The first-order valence-corrected chi connectivity index (χ1v) is 10.3. The summed E-state index contributed by atoms with van der Waals surface area (Å²) in [6.07, 6.45) is 3.95. The summed E-state index contributed by atoms with van der Waals surface area (Å²) in [5.74, 6) is -0.456. The van der Waals surface area contributed by atoms with Crippen molar-refractivity contribution in [3.8, 4) is 11.3 Å². The molecule has 0 amide bonds. The Kier molecular flexibility index (Phi) is 6.32. The summed E-state index contributed by atoms with van der Waals surface area (Å²) in [6.45, 7) is -0.442. The summed E-state index contributed by atoms with van der Waals surface area (Å²) < 4.78 is 20.2. The smallest absolute Gasteiger partial charge is 0.141 e. The Balaban J connectivity index is 1.61. The van der Waals surface area contributed by atoms with E-state index in [1.807, 2.05) is 0 Å². The molecule has 0 radical (unpaired) electrons. The molecule has 1 aliphatic heterocycles. The van der Waals surface area contributed by atoms with Crippen LogP contribution in [0.4, 0.5) is 4.39 Å². The molecule has 1 saturated heterocycles. The number of aliphatic hydroxyl groups excluding tert-OH is 3. The minimum Gasteiger partial charge on any atom is -0.394 e. The predicted molar refractivity (Wildman–Crippen MR) is 107 cm³/mol. The second-order valence-corrected chi connectivity index (χ2v) is 8.33. The third-order valence-corrected chi connectivity index (χ3v) is 6.03. The van der Waals surface area contributed by atoms with Crippen LogP contribution < -0.4 is 0 Å². The zero-order valence-electron chi connectivity index (χ0n) is 15.4. The lowest BCUT2D eigenvalue weighted by Gasteiger charge is -2.42. The highest BCUT2D eigenvalue weighted by Gasteiger charge is 2.46. The van der Waals surface area contributed by atoms with Gasteiger partial charge in [0.25, 0.3) is 0 Å². The fraction of sp³-hybridized carbons (Fsp3) is 0.316. The number of hydrogen-bond donors (Lipinski definition) is 3. The van der Waals surface area contributed by atoms with Crippen LogP contribution in [0.25, 0.3) is 11.3 Å². The van der Waals surface area contributed by atoms with Gasteiger partial charge in [-0.05, 0) is 18.2 Å². The van der Waals surface area contributed by atoms with Gasteiger partial charge < -0.3 is 20.1 Å². The van der Waals surface area contributed by atoms with Crippen LogP contribution in [0.1, 0.15) is 6.04 Å². The van der Waals surface area contributed by atoms with E-state index in [0.29, 0.717) is 21.2 Å². The van der Waals surface area contributed by atoms with Crippen molar-refractivity contribution in [2.45, 2.75) is 34.7 Å². The minimum atomic E-state index is -1.21. The Morgan fingerprint density at radius 2 is 2.00 bits per heavy atom. The van der Waals surface area contributed by atoms with Gasteiger partial charge in [0.1, 0.15) is 35.6 Å². The van der Waals surface area contributed by atoms with Gasteiger partial charge in [-0.25, -0.2) is 4.39 Å². The number of halogens is 2. The van der Waals surface area contributed by atoms with Crippen molar-refractivity contribution < 1.29 is 24.4 Å². The monoisotopic (exact) mass is 452 g/mol. The van der Waals surface area contributed by atoms with E-state index in [0.717, 1.165) is 6.20 Å². The van der Waals surface area contributed by atoms with Crippen molar-refractivity contribution in [1.29, 1.82) is 0 Å². The van der Waals surface area contributed by atoms with Gasteiger partial charge >= 0.3 is 0 Å². The molecule has 3 aromatic heterocycles. The van der Waals surface area contributed by atoms with Crippen molar-refractivity contribution in [3.63, 3.8) is 0 Å². The molecule has 1 fully saturated rings. The first-order chi connectivity index (χ1) is 14.5. The van der Waals surface area contributed by atoms with Gasteiger partial charge in [0, 0.05) is 29.0 Å². The third kappa shape index (κ3) is 4.34. The first kappa shape index (κ1) is 21.2. The molecular formula is C19H18ClFN4O4S. The normalized spacial score (nSPS) is 26.6. The number of hydrogen-bond acceptors (Lipinski definition) is 8. The van der Waals surface area contributed by atoms with Gasteiger partial charge in [-0.15, -0.1) is 0 Å². The SMILES string of the molecule is OC[C@H]1O[C@H](Sc2cncc(Cl)c2)[C@H](O)[C@@H](n2cc(-c3ccc(F)cn3)cn2)[C@H]1O. The van der Waals surface area contributed by atoms with Crippen LogP contribution >= 0.6 is 23.4 Å². The predicted octanol–water partition coefficient (Wildman–Crippen LogP) is 1.90. The third-order valence-electron chi connectivity index (χ3n) is 4.71. The van der Waals surface area contributed by atoms with E-state index in [2.05, 4.69) is 15.1 Å². The molecule has 0 unspecified atom stereocenters. The Hall–Kier alpha value is -2.08. The minimum absolute atomic E-state index is 0.434. The average Bonchev–Trinajstić information content (AvgIpc) is 3.20. The number of nitrogens with zero attached hydrogens (tertiary/aromatic N) is 4. The number of aliphatic hydroxyl groups is 3. The summed E-state index contributed by atoms with van der Waals surface area (Å²) in [5, 5.41) is 36.0. The molecule has 8 nitrogen and oxygen atoms in total. The molecule has 0 aromatic carbocycles. The Morgan fingerprint density at radius 1 is 1.17 bits per heavy atom. The molecule has 0 aliphatic carbocycles. The highest BCUT2D eigenvalue weighted by molar-refractivity contribution is 7.99. The zero-order chi connectivity index (χ0) is 21.3. The number of ether oxygens (including phenoxy) is 1. The first-order valence-electron chi connectivity index (χ1n) is 9.02. The maximum atomic E-state index is 13.1. The molecule has 4 heterocycles. The lowest BCUT2D eigenvalue weighted by atomic mass is 9.97. The topological polar surface area (TPSA) is 114 Å². The average molecular weight is 453 g/mol. The molecule has 4 rings (SSSR count). The molecule has 0 saturated carbocycles. The highest BCUT2D eigenvalue weighted by Crippen LogP contribution is 2.38. The van der Waals surface area contributed by atoms with Crippen LogP contribution in [0.5, 0.6) is 0 Å².